The van der Waals surface area contributed by atoms with Gasteiger partial charge in [0.05, 0.1) is 5.69 Å². The number of carbonyl (C=O) groups excluding carboxylic acids is 1. The lowest BCUT2D eigenvalue weighted by atomic mass is 10.3. The van der Waals surface area contributed by atoms with E-state index in [-0.39, 0.29) is 5.91 Å². The molecule has 0 saturated heterocycles. The molecule has 0 unspecified atom stereocenters. The van der Waals surface area contributed by atoms with Gasteiger partial charge in [0.1, 0.15) is 15.2 Å². The zero-order valence-electron chi connectivity index (χ0n) is 9.88. The maximum absolute atomic E-state index is 12.1. The van der Waals surface area contributed by atoms with Gasteiger partial charge in [0.15, 0.2) is 5.13 Å². The summed E-state index contributed by atoms with van der Waals surface area (Å²) in [5.74, 6) is -0.281. The molecule has 0 radical (unpaired) electrons. The molecule has 1 amide bonds. The third-order valence-corrected chi connectivity index (χ3v) is 4.34. The lowest BCUT2D eigenvalue weighted by molar-refractivity contribution is 0.103. The van der Waals surface area contributed by atoms with Crippen LogP contribution in [0, 0.1) is 6.92 Å². The summed E-state index contributed by atoms with van der Waals surface area (Å²) in [7, 11) is 0. The van der Waals surface area contributed by atoms with E-state index in [1.165, 1.54) is 22.7 Å². The maximum atomic E-state index is 12.1. The molecule has 0 atom stereocenters. The Hall–Kier alpha value is -2.06. The Labute approximate surface area is 116 Å². The topological polar surface area (TPSA) is 93.8 Å². The van der Waals surface area contributed by atoms with Gasteiger partial charge in [-0.05, 0) is 6.92 Å². The first-order valence-electron chi connectivity index (χ1n) is 5.38. The van der Waals surface area contributed by atoms with Crippen molar-refractivity contribution < 1.29 is 4.79 Å². The van der Waals surface area contributed by atoms with E-state index in [1.807, 2.05) is 6.92 Å². The van der Waals surface area contributed by atoms with E-state index in [9.17, 15) is 4.79 Å². The van der Waals surface area contributed by atoms with Crippen LogP contribution in [0.1, 0.15) is 14.5 Å². The van der Waals surface area contributed by atoms with E-state index in [2.05, 4.69) is 20.3 Å². The number of thiophene rings is 1. The van der Waals surface area contributed by atoms with Crippen molar-refractivity contribution in [3.8, 4) is 0 Å². The standard InChI is InChI=1S/C11H9N5OS2/c1-5-4-15-11(18-5)16-9(17)8-6(12)7-10(19-8)14-3-2-13-7/h2-4H,12H2,1H3,(H,15,16,17). The highest BCUT2D eigenvalue weighted by atomic mass is 32.1. The number of amides is 1. The highest BCUT2D eigenvalue weighted by Crippen LogP contribution is 2.31. The highest BCUT2D eigenvalue weighted by molar-refractivity contribution is 7.21. The number of nitrogens with one attached hydrogen (secondary N) is 1. The van der Waals surface area contributed by atoms with Crippen LogP contribution in [-0.2, 0) is 0 Å². The number of thiazole rings is 1. The van der Waals surface area contributed by atoms with Gasteiger partial charge in [0.25, 0.3) is 5.91 Å². The molecule has 8 heteroatoms. The van der Waals surface area contributed by atoms with Gasteiger partial charge in [0.2, 0.25) is 0 Å². The second kappa shape index (κ2) is 4.56. The minimum Gasteiger partial charge on any atom is -0.396 e. The number of anilines is 2. The predicted octanol–water partition coefficient (Wildman–Crippen LogP) is 2.29. The third kappa shape index (κ3) is 2.15. The Kier molecular flexibility index (Phi) is 2.88. The summed E-state index contributed by atoms with van der Waals surface area (Å²) in [6.07, 6.45) is 4.83. The van der Waals surface area contributed by atoms with Gasteiger partial charge >= 0.3 is 0 Å². The number of nitrogens with zero attached hydrogens (tertiary/aromatic N) is 3. The molecule has 0 aliphatic rings. The summed E-state index contributed by atoms with van der Waals surface area (Å²) in [6.45, 7) is 1.93. The van der Waals surface area contributed by atoms with Crippen molar-refractivity contribution in [1.82, 2.24) is 15.0 Å². The predicted molar refractivity (Wildman–Crippen MR) is 76.6 cm³/mol. The van der Waals surface area contributed by atoms with Gasteiger partial charge in [-0.3, -0.25) is 10.1 Å². The largest absolute Gasteiger partial charge is 0.396 e. The number of hydrogen-bond acceptors (Lipinski definition) is 7. The third-order valence-electron chi connectivity index (χ3n) is 2.41. The summed E-state index contributed by atoms with van der Waals surface area (Å²) in [5.41, 5.74) is 6.85. The van der Waals surface area contributed by atoms with E-state index in [1.54, 1.807) is 18.6 Å². The minimum atomic E-state index is -0.281. The Bertz CT molecular complexity index is 763. The number of fused-ring (bicyclic) bond motifs is 1. The van der Waals surface area contributed by atoms with Crippen molar-refractivity contribution in [1.29, 1.82) is 0 Å². The van der Waals surface area contributed by atoms with Crippen LogP contribution in [0.25, 0.3) is 10.3 Å². The fourth-order valence-electron chi connectivity index (χ4n) is 1.58. The van der Waals surface area contributed by atoms with E-state index < -0.39 is 0 Å². The fourth-order valence-corrected chi connectivity index (χ4v) is 3.16. The van der Waals surface area contributed by atoms with Gasteiger partial charge in [-0.15, -0.1) is 22.7 Å². The molecule has 3 aromatic heterocycles. The Morgan fingerprint density at radius 3 is 2.74 bits per heavy atom. The monoisotopic (exact) mass is 291 g/mol. The van der Waals surface area contributed by atoms with Crippen LogP contribution < -0.4 is 11.1 Å². The van der Waals surface area contributed by atoms with Crippen molar-refractivity contribution in [3.63, 3.8) is 0 Å². The smallest absolute Gasteiger partial charge is 0.269 e. The van der Waals surface area contributed by atoms with Crippen molar-refractivity contribution in [3.05, 3.63) is 28.3 Å². The van der Waals surface area contributed by atoms with Gasteiger partial charge in [0, 0.05) is 23.5 Å². The number of aryl methyl sites for hydroxylation is 1. The normalized spacial score (nSPS) is 10.8. The lowest BCUT2D eigenvalue weighted by Gasteiger charge is -1.99. The molecule has 0 aliphatic heterocycles. The summed E-state index contributed by atoms with van der Waals surface area (Å²) in [4.78, 5) is 26.6. The Balaban J connectivity index is 1.95. The van der Waals surface area contributed by atoms with E-state index in [0.717, 1.165) is 4.88 Å². The minimum absolute atomic E-state index is 0.281. The molecular formula is C11H9N5OS2. The first-order chi connectivity index (χ1) is 9.15. The van der Waals surface area contributed by atoms with Crippen LogP contribution in [-0.4, -0.2) is 20.9 Å². The second-order valence-corrected chi connectivity index (χ2v) is 6.02. The Morgan fingerprint density at radius 1 is 1.26 bits per heavy atom. The van der Waals surface area contributed by atoms with Crippen LogP contribution in [0.4, 0.5) is 10.8 Å². The van der Waals surface area contributed by atoms with E-state index >= 15 is 0 Å². The quantitative estimate of drug-likeness (QED) is 0.755. The summed E-state index contributed by atoms with van der Waals surface area (Å²) < 4.78 is 0. The number of rotatable bonds is 2. The SMILES string of the molecule is Cc1cnc(NC(=O)c2sc3nccnc3c2N)s1. The van der Waals surface area contributed by atoms with Crippen molar-refractivity contribution >= 4 is 49.7 Å². The molecule has 19 heavy (non-hydrogen) atoms. The van der Waals surface area contributed by atoms with Crippen LogP contribution >= 0.6 is 22.7 Å². The average molecular weight is 291 g/mol. The number of aromatic nitrogens is 3. The average Bonchev–Trinajstić information content (AvgIpc) is 2.94. The maximum Gasteiger partial charge on any atom is 0.269 e. The van der Waals surface area contributed by atoms with Crippen molar-refractivity contribution in [2.75, 3.05) is 11.1 Å². The van der Waals surface area contributed by atoms with Crippen LogP contribution in [0.15, 0.2) is 18.6 Å². The molecule has 0 spiro atoms. The molecule has 3 heterocycles. The van der Waals surface area contributed by atoms with Gasteiger partial charge in [-0.2, -0.15) is 0 Å². The van der Waals surface area contributed by atoms with Gasteiger partial charge < -0.3 is 5.73 Å². The molecule has 3 aromatic rings. The van der Waals surface area contributed by atoms with E-state index in [4.69, 9.17) is 5.73 Å². The molecule has 0 bridgehead atoms. The van der Waals surface area contributed by atoms with Crippen LogP contribution in [0.5, 0.6) is 0 Å². The zero-order valence-corrected chi connectivity index (χ0v) is 11.5. The Morgan fingerprint density at radius 2 is 2.05 bits per heavy atom. The van der Waals surface area contributed by atoms with Crippen molar-refractivity contribution in [2.45, 2.75) is 6.92 Å². The molecule has 0 aromatic carbocycles. The molecule has 6 nitrogen and oxygen atoms in total. The molecule has 3 rings (SSSR count). The van der Waals surface area contributed by atoms with E-state index in [0.29, 0.717) is 26.0 Å². The van der Waals surface area contributed by atoms with Crippen LogP contribution in [0.2, 0.25) is 0 Å². The molecule has 0 saturated carbocycles. The molecule has 0 aliphatic carbocycles. The number of nitrogen functional groups attached to an aromatic ring is 1. The first kappa shape index (κ1) is 12.0. The molecule has 0 fully saturated rings. The van der Waals surface area contributed by atoms with Gasteiger partial charge in [-0.1, -0.05) is 0 Å². The summed E-state index contributed by atoms with van der Waals surface area (Å²) in [5, 5.41) is 3.28. The summed E-state index contributed by atoms with van der Waals surface area (Å²) >= 11 is 2.64. The fraction of sp³-hybridized carbons (Fsp3) is 0.0909. The molecular weight excluding hydrogens is 282 g/mol. The lowest BCUT2D eigenvalue weighted by Crippen LogP contribution is -2.11. The summed E-state index contributed by atoms with van der Waals surface area (Å²) in [6, 6.07) is 0. The number of nitrogens with two attached hydrogens (primary N) is 1. The van der Waals surface area contributed by atoms with Crippen LogP contribution in [0.3, 0.4) is 0 Å². The molecule has 3 N–H and O–H groups in total. The number of carbonyl (C=O) groups is 1. The highest BCUT2D eigenvalue weighted by Gasteiger charge is 2.18. The van der Waals surface area contributed by atoms with Crippen molar-refractivity contribution in [2.24, 2.45) is 0 Å². The second-order valence-electron chi connectivity index (χ2n) is 3.79. The molecule has 96 valence electrons. The zero-order chi connectivity index (χ0) is 13.4. The number of hydrogen-bond donors (Lipinski definition) is 2. The first-order valence-corrected chi connectivity index (χ1v) is 7.01. The van der Waals surface area contributed by atoms with Gasteiger partial charge in [-0.25, -0.2) is 15.0 Å².